The second-order valence-corrected chi connectivity index (χ2v) is 6.41. The first-order valence-electron chi connectivity index (χ1n) is 6.15. The van der Waals surface area contributed by atoms with Gasteiger partial charge in [-0.15, -0.1) is 0 Å². The normalized spacial score (nSPS) is 35.7. The molecule has 1 saturated heterocycles. The second-order valence-electron chi connectivity index (χ2n) is 6.41. The summed E-state index contributed by atoms with van der Waals surface area (Å²) in [7, 11) is 0. The van der Waals surface area contributed by atoms with E-state index in [0.717, 1.165) is 30.8 Å². The van der Waals surface area contributed by atoms with Crippen molar-refractivity contribution in [3.05, 3.63) is 0 Å². The van der Waals surface area contributed by atoms with E-state index in [2.05, 4.69) is 25.7 Å². The number of carbonyl (C=O) groups excluding carboxylic acids is 1. The summed E-state index contributed by atoms with van der Waals surface area (Å²) in [6.07, 6.45) is 2.66. The number of amides is 1. The fourth-order valence-corrected chi connectivity index (χ4v) is 3.89. The third-order valence-electron chi connectivity index (χ3n) is 4.28. The number of hydrogen-bond donors (Lipinski definition) is 0. The maximum absolute atomic E-state index is 11.4. The Morgan fingerprint density at radius 3 is 1.93 bits per heavy atom. The fraction of sp³-hybridized carbons (Fsp3) is 0.923. The molecule has 2 rings (SSSR count). The van der Waals surface area contributed by atoms with Crippen LogP contribution in [0, 0.1) is 23.2 Å². The Hall–Kier alpha value is -0.530. The van der Waals surface area contributed by atoms with Gasteiger partial charge in [0.25, 0.3) is 0 Å². The molecular formula is C13H23NO. The van der Waals surface area contributed by atoms with Crippen molar-refractivity contribution in [2.24, 2.45) is 23.2 Å². The van der Waals surface area contributed by atoms with Crippen LogP contribution in [0.4, 0.5) is 0 Å². The van der Waals surface area contributed by atoms with Gasteiger partial charge < -0.3 is 4.90 Å². The van der Waals surface area contributed by atoms with Crippen LogP contribution >= 0.6 is 0 Å². The van der Waals surface area contributed by atoms with Gasteiger partial charge in [0.2, 0.25) is 5.91 Å². The molecule has 86 valence electrons. The summed E-state index contributed by atoms with van der Waals surface area (Å²) in [6.45, 7) is 10.8. The van der Waals surface area contributed by atoms with Gasteiger partial charge in [-0.05, 0) is 36.0 Å². The average molecular weight is 209 g/mol. The summed E-state index contributed by atoms with van der Waals surface area (Å²) >= 11 is 0. The van der Waals surface area contributed by atoms with Crippen molar-refractivity contribution in [1.82, 2.24) is 4.90 Å². The number of fused-ring (bicyclic) bond motifs is 2. The molecule has 2 bridgehead atoms. The smallest absolute Gasteiger partial charge is 0.219 e. The highest BCUT2D eigenvalue weighted by molar-refractivity contribution is 5.73. The van der Waals surface area contributed by atoms with Gasteiger partial charge in [-0.25, -0.2) is 0 Å². The first-order valence-corrected chi connectivity index (χ1v) is 6.15. The Bertz CT molecular complexity index is 252. The van der Waals surface area contributed by atoms with Gasteiger partial charge in [0.05, 0.1) is 0 Å². The van der Waals surface area contributed by atoms with Crippen molar-refractivity contribution in [2.75, 3.05) is 13.1 Å². The summed E-state index contributed by atoms with van der Waals surface area (Å²) in [6, 6.07) is 0. The SMILES string of the molecule is CC(=O)N1C[C@H]2CC[C@H](C1)C2C(C)(C)C. The third kappa shape index (κ3) is 1.91. The van der Waals surface area contributed by atoms with Crippen LogP contribution in [0.3, 0.4) is 0 Å². The monoisotopic (exact) mass is 209 g/mol. The standard InChI is InChI=1S/C13H23NO/c1-9(15)14-7-10-5-6-11(8-14)12(10)13(2,3)4/h10-12H,5-8H2,1-4H3/t10-,11-/m1/s1. The predicted molar refractivity (Wildman–Crippen MR) is 61.4 cm³/mol. The quantitative estimate of drug-likeness (QED) is 0.600. The molecule has 0 aromatic heterocycles. The predicted octanol–water partition coefficient (Wildman–Crippen LogP) is 2.54. The maximum Gasteiger partial charge on any atom is 0.219 e. The largest absolute Gasteiger partial charge is 0.342 e. The van der Waals surface area contributed by atoms with E-state index in [1.54, 1.807) is 6.92 Å². The Morgan fingerprint density at radius 2 is 1.60 bits per heavy atom. The van der Waals surface area contributed by atoms with Crippen LogP contribution in [0.5, 0.6) is 0 Å². The van der Waals surface area contributed by atoms with Crippen LogP contribution in [-0.2, 0) is 4.79 Å². The van der Waals surface area contributed by atoms with Crippen LogP contribution in [0.15, 0.2) is 0 Å². The molecule has 1 heterocycles. The van der Waals surface area contributed by atoms with Gasteiger partial charge in [0.1, 0.15) is 0 Å². The fourth-order valence-electron chi connectivity index (χ4n) is 3.89. The molecular weight excluding hydrogens is 186 g/mol. The van der Waals surface area contributed by atoms with E-state index >= 15 is 0 Å². The highest BCUT2D eigenvalue weighted by Crippen LogP contribution is 2.50. The average Bonchev–Trinajstić information content (AvgIpc) is 2.37. The highest BCUT2D eigenvalue weighted by atomic mass is 16.2. The molecule has 0 spiro atoms. The van der Waals surface area contributed by atoms with Crippen LogP contribution in [0.1, 0.15) is 40.5 Å². The molecule has 0 unspecified atom stereocenters. The van der Waals surface area contributed by atoms with E-state index in [4.69, 9.17) is 0 Å². The molecule has 0 aromatic rings. The lowest BCUT2D eigenvalue weighted by Gasteiger charge is -2.44. The number of rotatable bonds is 0. The van der Waals surface area contributed by atoms with E-state index in [1.165, 1.54) is 12.8 Å². The first kappa shape index (κ1) is 11.0. The summed E-state index contributed by atoms with van der Waals surface area (Å²) < 4.78 is 0. The summed E-state index contributed by atoms with van der Waals surface area (Å²) in [5, 5.41) is 0. The van der Waals surface area contributed by atoms with E-state index in [-0.39, 0.29) is 5.91 Å². The first-order chi connectivity index (χ1) is 6.89. The molecule has 1 amide bonds. The van der Waals surface area contributed by atoms with Crippen molar-refractivity contribution >= 4 is 5.91 Å². The minimum atomic E-state index is 0.263. The lowest BCUT2D eigenvalue weighted by molar-refractivity contribution is -0.133. The lowest BCUT2D eigenvalue weighted by atomic mass is 9.69. The minimum Gasteiger partial charge on any atom is -0.342 e. The molecule has 2 aliphatic rings. The van der Waals surface area contributed by atoms with Crippen molar-refractivity contribution in [3.8, 4) is 0 Å². The molecule has 2 atom stereocenters. The molecule has 0 radical (unpaired) electrons. The van der Waals surface area contributed by atoms with E-state index in [9.17, 15) is 4.79 Å². The number of hydrogen-bond acceptors (Lipinski definition) is 1. The zero-order valence-electron chi connectivity index (χ0n) is 10.4. The second kappa shape index (κ2) is 3.50. The molecule has 1 aliphatic heterocycles. The third-order valence-corrected chi connectivity index (χ3v) is 4.28. The molecule has 1 saturated carbocycles. The summed E-state index contributed by atoms with van der Waals surface area (Å²) in [5.74, 6) is 2.60. The Kier molecular flexibility index (Phi) is 2.56. The zero-order chi connectivity index (χ0) is 11.2. The van der Waals surface area contributed by atoms with Gasteiger partial charge >= 0.3 is 0 Å². The molecule has 0 N–H and O–H groups in total. The van der Waals surface area contributed by atoms with Crippen molar-refractivity contribution in [2.45, 2.75) is 40.5 Å². The van der Waals surface area contributed by atoms with Crippen LogP contribution < -0.4 is 0 Å². The number of piperidine rings is 1. The van der Waals surface area contributed by atoms with Crippen LogP contribution in [0.2, 0.25) is 0 Å². The number of nitrogens with zero attached hydrogens (tertiary/aromatic N) is 1. The highest BCUT2D eigenvalue weighted by Gasteiger charge is 2.47. The van der Waals surface area contributed by atoms with Crippen LogP contribution in [0.25, 0.3) is 0 Å². The number of carbonyl (C=O) groups is 1. The van der Waals surface area contributed by atoms with Gasteiger partial charge in [0, 0.05) is 20.0 Å². The molecule has 2 fully saturated rings. The molecule has 15 heavy (non-hydrogen) atoms. The van der Waals surface area contributed by atoms with Gasteiger partial charge in [-0.1, -0.05) is 20.8 Å². The van der Waals surface area contributed by atoms with Crippen molar-refractivity contribution in [1.29, 1.82) is 0 Å². The van der Waals surface area contributed by atoms with Gasteiger partial charge in [-0.2, -0.15) is 0 Å². The van der Waals surface area contributed by atoms with Crippen molar-refractivity contribution < 1.29 is 4.79 Å². The van der Waals surface area contributed by atoms with Gasteiger partial charge in [0.15, 0.2) is 0 Å². The van der Waals surface area contributed by atoms with Gasteiger partial charge in [-0.3, -0.25) is 4.79 Å². The van der Waals surface area contributed by atoms with E-state index < -0.39 is 0 Å². The minimum absolute atomic E-state index is 0.263. The Balaban J connectivity index is 2.13. The summed E-state index contributed by atoms with van der Waals surface area (Å²) in [4.78, 5) is 13.5. The van der Waals surface area contributed by atoms with E-state index in [1.807, 2.05) is 0 Å². The lowest BCUT2D eigenvalue weighted by Crippen LogP contribution is -2.47. The molecule has 2 heteroatoms. The van der Waals surface area contributed by atoms with Crippen LogP contribution in [-0.4, -0.2) is 23.9 Å². The maximum atomic E-state index is 11.4. The molecule has 2 nitrogen and oxygen atoms in total. The zero-order valence-corrected chi connectivity index (χ0v) is 10.4. The van der Waals surface area contributed by atoms with Crippen molar-refractivity contribution in [3.63, 3.8) is 0 Å². The molecule has 1 aliphatic carbocycles. The van der Waals surface area contributed by atoms with E-state index in [0.29, 0.717) is 5.41 Å². The topological polar surface area (TPSA) is 20.3 Å². The molecule has 0 aromatic carbocycles. The number of likely N-dealkylation sites (tertiary alicyclic amines) is 1. The Labute approximate surface area is 93.0 Å². The Morgan fingerprint density at radius 1 is 1.13 bits per heavy atom. The summed E-state index contributed by atoms with van der Waals surface area (Å²) in [5.41, 5.74) is 0.411.